The van der Waals surface area contributed by atoms with Crippen LogP contribution in [-0.2, 0) is 0 Å². The Kier molecular flexibility index (Phi) is 2.37. The van der Waals surface area contributed by atoms with Crippen LogP contribution in [0.15, 0.2) is 17.2 Å². The molecule has 0 N–H and O–H groups in total. The molecule has 1 aromatic heterocycles. The van der Waals surface area contributed by atoms with Crippen molar-refractivity contribution in [1.82, 2.24) is 4.98 Å². The number of rotatable bonds is 1. The molecule has 0 aliphatic rings. The molecule has 0 aliphatic heterocycles. The first-order valence-corrected chi connectivity index (χ1v) is 6.27. The molecular weight excluding hydrogens is 180 g/mol. The minimum absolute atomic E-state index is 0.440. The fourth-order valence-corrected chi connectivity index (χ4v) is 1.97. The molecule has 0 unspecified atom stereocenters. The lowest BCUT2D eigenvalue weighted by Gasteiger charge is -2.25. The van der Waals surface area contributed by atoms with Crippen molar-refractivity contribution < 1.29 is 8.78 Å². The standard InChI is InChI=1S/C8H11F2NS/c1-12(2,3)6-4-5-11-8(10)7(6)9/h4-5H,1-3H3. The number of hydrogen-bond donors (Lipinski definition) is 0. The first-order chi connectivity index (χ1) is 5.43. The Bertz CT molecular complexity index is 294. The molecule has 0 radical (unpaired) electrons. The Morgan fingerprint density at radius 1 is 1.25 bits per heavy atom. The minimum Gasteiger partial charge on any atom is -0.226 e. The number of nitrogens with zero attached hydrogens (tertiary/aromatic N) is 1. The van der Waals surface area contributed by atoms with Crippen LogP contribution in [0.3, 0.4) is 0 Å². The summed E-state index contributed by atoms with van der Waals surface area (Å²) in [5.41, 5.74) is 0. The van der Waals surface area contributed by atoms with Crippen molar-refractivity contribution in [3.63, 3.8) is 0 Å². The van der Waals surface area contributed by atoms with Crippen LogP contribution in [0.5, 0.6) is 0 Å². The number of halogens is 2. The van der Waals surface area contributed by atoms with E-state index in [9.17, 15) is 8.78 Å². The molecule has 0 aliphatic carbocycles. The molecule has 68 valence electrons. The van der Waals surface area contributed by atoms with Gasteiger partial charge in [0.25, 0.3) is 0 Å². The van der Waals surface area contributed by atoms with Gasteiger partial charge in [0.1, 0.15) is 0 Å². The second-order valence-corrected chi connectivity index (χ2v) is 7.37. The van der Waals surface area contributed by atoms with Crippen molar-refractivity contribution in [3.05, 3.63) is 24.0 Å². The van der Waals surface area contributed by atoms with E-state index in [0.717, 1.165) is 0 Å². The van der Waals surface area contributed by atoms with Crippen molar-refractivity contribution in [2.24, 2.45) is 0 Å². The molecule has 0 bridgehead atoms. The van der Waals surface area contributed by atoms with E-state index in [2.05, 4.69) is 4.98 Å². The van der Waals surface area contributed by atoms with Crippen LogP contribution in [0.4, 0.5) is 8.78 Å². The number of hydrogen-bond acceptors (Lipinski definition) is 1. The SMILES string of the molecule is CS(C)(C)c1ccnc(F)c1F. The average molecular weight is 191 g/mol. The highest BCUT2D eigenvalue weighted by atomic mass is 32.3. The van der Waals surface area contributed by atoms with Crippen LogP contribution < -0.4 is 0 Å². The van der Waals surface area contributed by atoms with Gasteiger partial charge < -0.3 is 0 Å². The van der Waals surface area contributed by atoms with Crippen LogP contribution in [0.25, 0.3) is 0 Å². The van der Waals surface area contributed by atoms with Gasteiger partial charge in [-0.3, -0.25) is 0 Å². The van der Waals surface area contributed by atoms with E-state index in [-0.39, 0.29) is 0 Å². The van der Waals surface area contributed by atoms with Crippen molar-refractivity contribution >= 4 is 10.0 Å². The fourth-order valence-electron chi connectivity index (χ4n) is 0.875. The predicted molar refractivity (Wildman–Crippen MR) is 47.8 cm³/mol. The van der Waals surface area contributed by atoms with Crippen LogP contribution in [-0.4, -0.2) is 23.8 Å². The van der Waals surface area contributed by atoms with Crippen molar-refractivity contribution in [2.45, 2.75) is 4.90 Å². The summed E-state index contributed by atoms with van der Waals surface area (Å²) in [6.07, 6.45) is 7.02. The summed E-state index contributed by atoms with van der Waals surface area (Å²) in [6, 6.07) is 1.54. The molecule has 0 saturated heterocycles. The molecule has 12 heavy (non-hydrogen) atoms. The van der Waals surface area contributed by atoms with Crippen LogP contribution >= 0.6 is 10.0 Å². The van der Waals surface area contributed by atoms with Gasteiger partial charge in [-0.25, -0.2) is 19.4 Å². The topological polar surface area (TPSA) is 12.9 Å². The molecular formula is C8H11F2NS. The monoisotopic (exact) mass is 191 g/mol. The maximum atomic E-state index is 13.1. The van der Waals surface area contributed by atoms with Crippen molar-refractivity contribution in [3.8, 4) is 0 Å². The Balaban J connectivity index is 3.26. The largest absolute Gasteiger partial charge is 0.250 e. The molecule has 1 aromatic rings. The summed E-state index contributed by atoms with van der Waals surface area (Å²) >= 11 is 0. The van der Waals surface area contributed by atoms with E-state index in [4.69, 9.17) is 0 Å². The lowest BCUT2D eigenvalue weighted by Crippen LogP contribution is -2.00. The third kappa shape index (κ3) is 1.75. The zero-order valence-electron chi connectivity index (χ0n) is 7.27. The Morgan fingerprint density at radius 3 is 2.25 bits per heavy atom. The third-order valence-electron chi connectivity index (χ3n) is 1.47. The van der Waals surface area contributed by atoms with E-state index in [1.54, 1.807) is 0 Å². The molecule has 0 amide bonds. The zero-order valence-corrected chi connectivity index (χ0v) is 8.08. The summed E-state index contributed by atoms with van der Waals surface area (Å²) in [5.74, 6) is -1.81. The third-order valence-corrected chi connectivity index (χ3v) is 3.11. The van der Waals surface area contributed by atoms with Crippen LogP contribution in [0, 0.1) is 11.8 Å². The van der Waals surface area contributed by atoms with Gasteiger partial charge in [0, 0.05) is 11.1 Å². The Labute approximate surface area is 72.1 Å². The summed E-state index contributed by atoms with van der Waals surface area (Å²) in [4.78, 5) is 3.66. The van der Waals surface area contributed by atoms with Gasteiger partial charge in [-0.15, -0.1) is 0 Å². The predicted octanol–water partition coefficient (Wildman–Crippen LogP) is 2.41. The second kappa shape index (κ2) is 3.01. The molecule has 0 atom stereocenters. The highest BCUT2D eigenvalue weighted by Crippen LogP contribution is 2.46. The summed E-state index contributed by atoms with van der Waals surface area (Å²) < 4.78 is 25.7. The Hall–Kier alpha value is -0.640. The lowest BCUT2D eigenvalue weighted by molar-refractivity contribution is 0.463. The van der Waals surface area contributed by atoms with Gasteiger partial charge >= 0.3 is 0 Å². The molecule has 0 aromatic carbocycles. The lowest BCUT2D eigenvalue weighted by atomic mass is 10.5. The molecule has 0 fully saturated rings. The number of aromatic nitrogens is 1. The van der Waals surface area contributed by atoms with Gasteiger partial charge in [0.15, 0.2) is 5.82 Å². The van der Waals surface area contributed by atoms with Crippen molar-refractivity contribution in [1.29, 1.82) is 0 Å². The van der Waals surface area contributed by atoms with Crippen LogP contribution in [0.2, 0.25) is 0 Å². The molecule has 1 heterocycles. The quantitative estimate of drug-likeness (QED) is 0.621. The fraction of sp³-hybridized carbons (Fsp3) is 0.375. The van der Waals surface area contributed by atoms with Crippen molar-refractivity contribution in [2.75, 3.05) is 18.8 Å². The molecule has 1 rings (SSSR count). The first-order valence-electron chi connectivity index (χ1n) is 3.41. The zero-order chi connectivity index (χ0) is 9.35. The normalized spacial score (nSPS) is 13.1. The molecule has 4 heteroatoms. The van der Waals surface area contributed by atoms with E-state index in [0.29, 0.717) is 4.90 Å². The van der Waals surface area contributed by atoms with E-state index < -0.39 is 21.8 Å². The minimum atomic E-state index is -1.21. The summed E-state index contributed by atoms with van der Waals surface area (Å²) in [5, 5.41) is 0. The van der Waals surface area contributed by atoms with E-state index in [1.165, 1.54) is 12.3 Å². The van der Waals surface area contributed by atoms with Crippen LogP contribution in [0.1, 0.15) is 0 Å². The highest BCUT2D eigenvalue weighted by Gasteiger charge is 2.16. The highest BCUT2D eigenvalue weighted by molar-refractivity contribution is 8.32. The first kappa shape index (κ1) is 9.45. The molecule has 0 saturated carbocycles. The number of pyridine rings is 1. The summed E-state index contributed by atoms with van der Waals surface area (Å²) in [7, 11) is -1.21. The maximum absolute atomic E-state index is 13.1. The van der Waals surface area contributed by atoms with Gasteiger partial charge in [-0.1, -0.05) is 0 Å². The molecule has 0 spiro atoms. The second-order valence-electron chi connectivity index (χ2n) is 3.25. The van der Waals surface area contributed by atoms with Gasteiger partial charge in [-0.2, -0.15) is 4.39 Å². The van der Waals surface area contributed by atoms with Gasteiger partial charge in [0.2, 0.25) is 5.95 Å². The average Bonchev–Trinajstić information content (AvgIpc) is 1.92. The smallest absolute Gasteiger partial charge is 0.226 e. The van der Waals surface area contributed by atoms with E-state index >= 15 is 0 Å². The van der Waals surface area contributed by atoms with E-state index in [1.807, 2.05) is 18.8 Å². The Morgan fingerprint density at radius 2 is 1.83 bits per heavy atom. The summed E-state index contributed by atoms with van der Waals surface area (Å²) in [6.45, 7) is 0. The van der Waals surface area contributed by atoms with Gasteiger partial charge in [0.05, 0.1) is 0 Å². The maximum Gasteiger partial charge on any atom is 0.250 e. The van der Waals surface area contributed by atoms with Gasteiger partial charge in [-0.05, 0) is 24.8 Å². The molecule has 1 nitrogen and oxygen atoms in total.